The van der Waals surface area contributed by atoms with Gasteiger partial charge in [-0.2, -0.15) is 0 Å². The number of hydrogen-bond acceptors (Lipinski definition) is 7. The molecule has 1 heterocycles. The predicted molar refractivity (Wildman–Crippen MR) is 121 cm³/mol. The van der Waals surface area contributed by atoms with E-state index in [9.17, 15) is 19.8 Å². The SMILES string of the molecule is CCCCCCCCCCCCCCCC(=O)O[C@@H]1[C@@H](CC(=O)NO)CO[C@H](CO)[C@H]1O. The summed E-state index contributed by atoms with van der Waals surface area (Å²) in [5, 5.41) is 28.4. The maximum Gasteiger partial charge on any atom is 0.306 e. The number of nitrogens with one attached hydrogen (secondary N) is 1. The summed E-state index contributed by atoms with van der Waals surface area (Å²) in [5.74, 6) is -1.66. The fourth-order valence-electron chi connectivity index (χ4n) is 4.21. The maximum absolute atomic E-state index is 12.3. The van der Waals surface area contributed by atoms with E-state index in [0.29, 0.717) is 0 Å². The lowest BCUT2D eigenvalue weighted by molar-refractivity contribution is -0.200. The molecule has 0 spiro atoms. The van der Waals surface area contributed by atoms with Crippen molar-refractivity contribution in [1.82, 2.24) is 5.48 Å². The molecule has 8 nitrogen and oxygen atoms in total. The fourth-order valence-corrected chi connectivity index (χ4v) is 4.21. The minimum absolute atomic E-state index is 0.0480. The van der Waals surface area contributed by atoms with Crippen LogP contribution in [0, 0.1) is 5.92 Å². The molecular formula is C24H45NO7. The van der Waals surface area contributed by atoms with E-state index in [1.165, 1.54) is 64.2 Å². The average Bonchev–Trinajstić information content (AvgIpc) is 2.79. The Morgan fingerprint density at radius 3 is 1.97 bits per heavy atom. The molecule has 1 aliphatic rings. The first-order valence-electron chi connectivity index (χ1n) is 12.6. The summed E-state index contributed by atoms with van der Waals surface area (Å²) in [6.45, 7) is 1.88. The van der Waals surface area contributed by atoms with E-state index in [4.69, 9.17) is 14.7 Å². The molecular weight excluding hydrogens is 414 g/mol. The van der Waals surface area contributed by atoms with Crippen molar-refractivity contribution in [2.24, 2.45) is 5.92 Å². The highest BCUT2D eigenvalue weighted by Gasteiger charge is 2.42. The first-order valence-corrected chi connectivity index (χ1v) is 12.6. The van der Waals surface area contributed by atoms with E-state index in [1.807, 2.05) is 0 Å². The molecule has 0 unspecified atom stereocenters. The van der Waals surface area contributed by atoms with Crippen LogP contribution < -0.4 is 5.48 Å². The molecule has 4 N–H and O–H groups in total. The van der Waals surface area contributed by atoms with Gasteiger partial charge in [0.25, 0.3) is 0 Å². The molecule has 188 valence electrons. The van der Waals surface area contributed by atoms with Gasteiger partial charge in [0.15, 0.2) is 0 Å². The van der Waals surface area contributed by atoms with Crippen LogP contribution in [0.4, 0.5) is 0 Å². The number of rotatable bonds is 18. The number of esters is 1. The molecule has 0 aromatic carbocycles. The molecule has 0 aromatic rings. The monoisotopic (exact) mass is 459 g/mol. The van der Waals surface area contributed by atoms with Crippen LogP contribution in [0.25, 0.3) is 0 Å². The van der Waals surface area contributed by atoms with E-state index >= 15 is 0 Å². The number of hydrogen-bond donors (Lipinski definition) is 4. The Hall–Kier alpha value is -1.22. The topological polar surface area (TPSA) is 125 Å². The molecule has 1 rings (SSSR count). The van der Waals surface area contributed by atoms with Crippen molar-refractivity contribution in [3.8, 4) is 0 Å². The van der Waals surface area contributed by atoms with Crippen LogP contribution in [-0.2, 0) is 19.1 Å². The van der Waals surface area contributed by atoms with Crippen LogP contribution in [0.15, 0.2) is 0 Å². The number of carbonyl (C=O) groups excluding carboxylic acids is 2. The Morgan fingerprint density at radius 2 is 1.47 bits per heavy atom. The van der Waals surface area contributed by atoms with Gasteiger partial charge >= 0.3 is 5.97 Å². The molecule has 0 aliphatic carbocycles. The second-order valence-corrected chi connectivity index (χ2v) is 8.99. The van der Waals surface area contributed by atoms with E-state index in [-0.39, 0.29) is 19.4 Å². The molecule has 0 bridgehead atoms. The highest BCUT2D eigenvalue weighted by molar-refractivity contribution is 5.75. The first-order chi connectivity index (χ1) is 15.5. The second kappa shape index (κ2) is 18.2. The van der Waals surface area contributed by atoms with Crippen LogP contribution in [0.2, 0.25) is 0 Å². The van der Waals surface area contributed by atoms with Crippen molar-refractivity contribution in [2.75, 3.05) is 13.2 Å². The third-order valence-electron chi connectivity index (χ3n) is 6.21. The summed E-state index contributed by atoms with van der Waals surface area (Å²) < 4.78 is 10.8. The number of unbranched alkanes of at least 4 members (excludes halogenated alkanes) is 12. The first kappa shape index (κ1) is 28.8. The second-order valence-electron chi connectivity index (χ2n) is 8.99. The number of ether oxygens (including phenoxy) is 2. The quantitative estimate of drug-likeness (QED) is 0.107. The Bertz CT molecular complexity index is 503. The van der Waals surface area contributed by atoms with Gasteiger partial charge in [-0.3, -0.25) is 14.8 Å². The zero-order valence-corrected chi connectivity index (χ0v) is 19.8. The van der Waals surface area contributed by atoms with E-state index in [1.54, 1.807) is 5.48 Å². The van der Waals surface area contributed by atoms with Gasteiger partial charge in [0.2, 0.25) is 5.91 Å². The summed E-state index contributed by atoms with van der Waals surface area (Å²) in [7, 11) is 0. The van der Waals surface area contributed by atoms with Crippen LogP contribution in [0.3, 0.4) is 0 Å². The Kier molecular flexibility index (Phi) is 16.4. The number of aliphatic hydroxyl groups excluding tert-OH is 2. The lowest BCUT2D eigenvalue weighted by atomic mass is 9.89. The Balaban J connectivity index is 2.16. The summed E-state index contributed by atoms with van der Waals surface area (Å²) in [6.07, 6.45) is 12.9. The molecule has 1 saturated heterocycles. The average molecular weight is 460 g/mol. The van der Waals surface area contributed by atoms with Crippen molar-refractivity contribution in [3.63, 3.8) is 0 Å². The van der Waals surface area contributed by atoms with Crippen molar-refractivity contribution >= 4 is 11.9 Å². The van der Waals surface area contributed by atoms with Gasteiger partial charge in [0.05, 0.1) is 13.2 Å². The summed E-state index contributed by atoms with van der Waals surface area (Å²) in [6, 6.07) is 0. The van der Waals surface area contributed by atoms with Crippen molar-refractivity contribution in [1.29, 1.82) is 0 Å². The van der Waals surface area contributed by atoms with Crippen molar-refractivity contribution in [3.05, 3.63) is 0 Å². The lowest BCUT2D eigenvalue weighted by Gasteiger charge is -2.38. The van der Waals surface area contributed by atoms with Crippen LogP contribution >= 0.6 is 0 Å². The van der Waals surface area contributed by atoms with Gasteiger partial charge in [0.1, 0.15) is 18.3 Å². The molecule has 1 amide bonds. The normalized spacial score (nSPS) is 23.1. The largest absolute Gasteiger partial charge is 0.459 e. The number of hydroxylamine groups is 1. The summed E-state index contributed by atoms with van der Waals surface area (Å²) in [4.78, 5) is 23.8. The standard InChI is InChI=1S/C24H45NO7/c1-2-3-4-5-6-7-8-9-10-11-12-13-14-15-22(28)32-24-19(16-21(27)25-30)18-31-20(17-26)23(24)29/h19-20,23-24,26,29-30H,2-18H2,1H3,(H,25,27)/t19-,20+,23+,24+/m0/s1. The molecule has 0 radical (unpaired) electrons. The molecule has 32 heavy (non-hydrogen) atoms. The maximum atomic E-state index is 12.3. The van der Waals surface area contributed by atoms with Crippen LogP contribution in [0.1, 0.15) is 103 Å². The van der Waals surface area contributed by atoms with Crippen LogP contribution in [-0.4, -0.2) is 58.8 Å². The van der Waals surface area contributed by atoms with Gasteiger partial charge in [-0.25, -0.2) is 5.48 Å². The van der Waals surface area contributed by atoms with Crippen molar-refractivity contribution < 1.29 is 34.5 Å². The summed E-state index contributed by atoms with van der Waals surface area (Å²) >= 11 is 0. The van der Waals surface area contributed by atoms with Gasteiger partial charge in [0, 0.05) is 18.8 Å². The third kappa shape index (κ3) is 12.1. The van der Waals surface area contributed by atoms with E-state index in [2.05, 4.69) is 6.92 Å². The summed E-state index contributed by atoms with van der Waals surface area (Å²) in [5.41, 5.74) is 1.54. The highest BCUT2D eigenvalue weighted by atomic mass is 16.6. The van der Waals surface area contributed by atoms with Gasteiger partial charge in [-0.1, -0.05) is 84.0 Å². The zero-order valence-electron chi connectivity index (χ0n) is 19.8. The van der Waals surface area contributed by atoms with Gasteiger partial charge < -0.3 is 19.7 Å². The van der Waals surface area contributed by atoms with E-state index < -0.39 is 42.7 Å². The molecule has 1 fully saturated rings. The highest BCUT2D eigenvalue weighted by Crippen LogP contribution is 2.26. The Labute approximate surface area is 193 Å². The number of carbonyl (C=O) groups is 2. The van der Waals surface area contributed by atoms with Crippen LogP contribution in [0.5, 0.6) is 0 Å². The third-order valence-corrected chi connectivity index (χ3v) is 6.21. The minimum atomic E-state index is -1.22. The number of amides is 1. The molecule has 1 aliphatic heterocycles. The smallest absolute Gasteiger partial charge is 0.306 e. The Morgan fingerprint density at radius 1 is 0.938 bits per heavy atom. The van der Waals surface area contributed by atoms with Gasteiger partial charge in [-0.05, 0) is 6.42 Å². The molecule has 0 saturated carbocycles. The number of aliphatic hydroxyl groups is 2. The predicted octanol–water partition coefficient (Wildman–Crippen LogP) is 3.64. The van der Waals surface area contributed by atoms with Gasteiger partial charge in [-0.15, -0.1) is 0 Å². The molecule has 4 atom stereocenters. The van der Waals surface area contributed by atoms with E-state index in [0.717, 1.165) is 19.3 Å². The minimum Gasteiger partial charge on any atom is -0.459 e. The van der Waals surface area contributed by atoms with Crippen molar-refractivity contribution in [2.45, 2.75) is 122 Å². The zero-order chi connectivity index (χ0) is 23.6. The molecule has 8 heteroatoms. The lowest BCUT2D eigenvalue weighted by Crippen LogP contribution is -2.54. The molecule has 0 aromatic heterocycles. The fraction of sp³-hybridized carbons (Fsp3) is 0.917.